The summed E-state index contributed by atoms with van der Waals surface area (Å²) < 4.78 is 20.7. The van der Waals surface area contributed by atoms with Gasteiger partial charge in [-0.15, -0.1) is 5.10 Å². The molecule has 3 aromatic carbocycles. The number of ether oxygens (including phenoxy) is 1. The number of carbonyl (C=O) groups excluding carboxylic acids is 2. The molecule has 0 radical (unpaired) electrons. The molecule has 1 aromatic heterocycles. The molecule has 192 valence electrons. The lowest BCUT2D eigenvalue weighted by Gasteiger charge is -2.32. The van der Waals surface area contributed by atoms with Crippen molar-refractivity contribution in [3.63, 3.8) is 0 Å². The van der Waals surface area contributed by atoms with E-state index in [1.165, 1.54) is 41.0 Å². The zero-order chi connectivity index (χ0) is 26.4. The summed E-state index contributed by atoms with van der Waals surface area (Å²) in [4.78, 5) is 29.0. The van der Waals surface area contributed by atoms with Crippen LogP contribution in [0.25, 0.3) is 11.0 Å². The predicted molar refractivity (Wildman–Crippen MR) is 140 cm³/mol. The number of methoxy groups -OCH3 is 1. The van der Waals surface area contributed by atoms with E-state index in [0.29, 0.717) is 40.5 Å². The largest absolute Gasteiger partial charge is 0.497 e. The van der Waals surface area contributed by atoms with Gasteiger partial charge >= 0.3 is 0 Å². The normalized spacial score (nSPS) is 11.9. The van der Waals surface area contributed by atoms with Crippen LogP contribution in [0.3, 0.4) is 0 Å². The van der Waals surface area contributed by atoms with Crippen molar-refractivity contribution in [3.8, 4) is 5.75 Å². The molecule has 0 aliphatic carbocycles. The summed E-state index contributed by atoms with van der Waals surface area (Å²) in [6.45, 7) is 4.42. The van der Waals surface area contributed by atoms with Gasteiger partial charge in [-0.1, -0.05) is 49.4 Å². The van der Waals surface area contributed by atoms with Gasteiger partial charge in [0, 0.05) is 18.3 Å². The van der Waals surface area contributed by atoms with Crippen LogP contribution >= 0.6 is 0 Å². The Morgan fingerprint density at radius 3 is 2.54 bits per heavy atom. The molecular formula is C28H30FN5O3. The number of anilines is 1. The van der Waals surface area contributed by atoms with Crippen molar-refractivity contribution in [2.45, 2.75) is 32.9 Å². The first-order valence-corrected chi connectivity index (χ1v) is 12.1. The Kier molecular flexibility index (Phi) is 8.12. The van der Waals surface area contributed by atoms with E-state index in [2.05, 4.69) is 29.5 Å². The minimum absolute atomic E-state index is 0.158. The van der Waals surface area contributed by atoms with Crippen molar-refractivity contribution in [1.82, 2.24) is 20.3 Å². The van der Waals surface area contributed by atoms with Gasteiger partial charge in [-0.05, 0) is 54.3 Å². The number of carbonyl (C=O) groups is 2. The molecule has 0 saturated heterocycles. The van der Waals surface area contributed by atoms with E-state index in [1.54, 1.807) is 24.3 Å². The Morgan fingerprint density at radius 1 is 1.05 bits per heavy atom. The summed E-state index contributed by atoms with van der Waals surface area (Å²) in [5.74, 6) is -0.277. The fraction of sp³-hybridized carbons (Fsp3) is 0.286. The fourth-order valence-corrected chi connectivity index (χ4v) is 4.08. The lowest BCUT2D eigenvalue weighted by Crippen LogP contribution is -2.45. The van der Waals surface area contributed by atoms with E-state index >= 15 is 0 Å². The third-order valence-corrected chi connectivity index (χ3v) is 6.02. The summed E-state index contributed by atoms with van der Waals surface area (Å²) in [5, 5.41) is 11.2. The average molecular weight is 504 g/mol. The maximum atomic E-state index is 14.0. The molecule has 1 atom stereocenters. The second-order valence-electron chi connectivity index (χ2n) is 9.13. The molecule has 0 saturated carbocycles. The highest BCUT2D eigenvalue weighted by Crippen LogP contribution is 2.31. The number of hydrogen-bond donors (Lipinski definition) is 1. The molecule has 0 unspecified atom stereocenters. The van der Waals surface area contributed by atoms with Gasteiger partial charge in [0.25, 0.3) is 0 Å². The first-order valence-electron chi connectivity index (χ1n) is 12.1. The number of fused-ring (bicyclic) bond motifs is 1. The summed E-state index contributed by atoms with van der Waals surface area (Å²) in [7, 11) is 1.53. The Morgan fingerprint density at radius 2 is 1.81 bits per heavy atom. The van der Waals surface area contributed by atoms with Crippen molar-refractivity contribution in [2.24, 2.45) is 5.92 Å². The topological polar surface area (TPSA) is 89.3 Å². The van der Waals surface area contributed by atoms with Crippen molar-refractivity contribution >= 4 is 28.5 Å². The van der Waals surface area contributed by atoms with Gasteiger partial charge in [-0.25, -0.2) is 9.07 Å². The molecule has 0 aliphatic heterocycles. The highest BCUT2D eigenvalue weighted by molar-refractivity contribution is 6.01. The monoisotopic (exact) mass is 503 g/mol. The van der Waals surface area contributed by atoms with Crippen LogP contribution in [0.4, 0.5) is 10.1 Å². The number of nitrogens with zero attached hydrogens (tertiary/aromatic N) is 4. The third kappa shape index (κ3) is 6.11. The van der Waals surface area contributed by atoms with Crippen molar-refractivity contribution in [2.75, 3.05) is 18.6 Å². The smallest absolute Gasteiger partial charge is 0.249 e. The van der Waals surface area contributed by atoms with Gasteiger partial charge < -0.3 is 10.1 Å². The van der Waals surface area contributed by atoms with E-state index in [0.717, 1.165) is 6.42 Å². The number of amides is 2. The van der Waals surface area contributed by atoms with Crippen LogP contribution in [0.1, 0.15) is 31.9 Å². The van der Waals surface area contributed by atoms with Crippen LogP contribution in [-0.2, 0) is 16.1 Å². The summed E-state index contributed by atoms with van der Waals surface area (Å²) in [6.07, 6.45) is 0.778. The number of nitrogens with one attached hydrogen (secondary N) is 1. The first kappa shape index (κ1) is 25.8. The van der Waals surface area contributed by atoms with Crippen molar-refractivity contribution < 1.29 is 18.7 Å². The van der Waals surface area contributed by atoms with E-state index < -0.39 is 17.8 Å². The lowest BCUT2D eigenvalue weighted by molar-refractivity contribution is -0.127. The molecule has 1 heterocycles. The van der Waals surface area contributed by atoms with Crippen LogP contribution < -0.4 is 15.0 Å². The van der Waals surface area contributed by atoms with E-state index in [4.69, 9.17) is 4.74 Å². The molecular weight excluding hydrogens is 473 g/mol. The minimum Gasteiger partial charge on any atom is -0.497 e. The van der Waals surface area contributed by atoms with Gasteiger partial charge in [-0.3, -0.25) is 14.5 Å². The molecule has 4 aromatic rings. The standard InChI is InChI=1S/C28H30FN5O3/c1-19(2)15-16-30-28(36)27(20-11-13-21(29)14-12-20)34(22-7-6-8-23(17-22)37-3)26(35)18-33-25-10-5-4-9-24(25)31-32-33/h4-14,17,19,27H,15-16,18H2,1-3H3,(H,30,36)/t27-/m1/s1. The van der Waals surface area contributed by atoms with Gasteiger partial charge in [0.1, 0.15) is 29.7 Å². The zero-order valence-corrected chi connectivity index (χ0v) is 21.1. The van der Waals surface area contributed by atoms with E-state index in [-0.39, 0.29) is 12.5 Å². The Balaban J connectivity index is 1.78. The van der Waals surface area contributed by atoms with Crippen molar-refractivity contribution in [1.29, 1.82) is 0 Å². The van der Waals surface area contributed by atoms with Gasteiger partial charge in [0.05, 0.1) is 12.6 Å². The molecule has 9 heteroatoms. The maximum absolute atomic E-state index is 14.0. The minimum atomic E-state index is -1.05. The number of aromatic nitrogens is 3. The van der Waals surface area contributed by atoms with Gasteiger partial charge in [0.15, 0.2) is 0 Å². The molecule has 0 aliphatic rings. The van der Waals surface area contributed by atoms with Gasteiger partial charge in [0.2, 0.25) is 11.8 Å². The molecule has 0 fully saturated rings. The Labute approximate surface area is 215 Å². The second-order valence-corrected chi connectivity index (χ2v) is 9.13. The third-order valence-electron chi connectivity index (χ3n) is 6.02. The fourth-order valence-electron chi connectivity index (χ4n) is 4.08. The number of para-hydroxylation sites is 1. The molecule has 2 amide bonds. The number of rotatable bonds is 10. The molecule has 0 spiro atoms. The summed E-state index contributed by atoms with van der Waals surface area (Å²) in [5.41, 5.74) is 2.29. The molecule has 1 N–H and O–H groups in total. The number of benzene rings is 3. The molecule has 37 heavy (non-hydrogen) atoms. The number of halogens is 1. The Hall–Kier alpha value is -4.27. The molecule has 8 nitrogen and oxygen atoms in total. The van der Waals surface area contributed by atoms with E-state index in [1.807, 2.05) is 24.3 Å². The second kappa shape index (κ2) is 11.6. The van der Waals surface area contributed by atoms with Crippen LogP contribution in [0, 0.1) is 11.7 Å². The highest BCUT2D eigenvalue weighted by atomic mass is 19.1. The van der Waals surface area contributed by atoms with Crippen molar-refractivity contribution in [3.05, 3.63) is 84.2 Å². The predicted octanol–water partition coefficient (Wildman–Crippen LogP) is 4.52. The quantitative estimate of drug-likeness (QED) is 0.344. The molecule has 0 bridgehead atoms. The van der Waals surface area contributed by atoms with Crippen LogP contribution in [-0.4, -0.2) is 40.5 Å². The van der Waals surface area contributed by atoms with Crippen LogP contribution in [0.2, 0.25) is 0 Å². The van der Waals surface area contributed by atoms with Crippen LogP contribution in [0.15, 0.2) is 72.8 Å². The highest BCUT2D eigenvalue weighted by Gasteiger charge is 2.33. The zero-order valence-electron chi connectivity index (χ0n) is 21.1. The van der Waals surface area contributed by atoms with E-state index in [9.17, 15) is 14.0 Å². The Bertz CT molecular complexity index is 1370. The lowest BCUT2D eigenvalue weighted by atomic mass is 10.0. The number of hydrogen-bond acceptors (Lipinski definition) is 5. The maximum Gasteiger partial charge on any atom is 0.249 e. The first-order chi connectivity index (χ1) is 17.9. The summed E-state index contributed by atoms with van der Waals surface area (Å²) in [6, 6.07) is 18.8. The molecule has 4 rings (SSSR count). The SMILES string of the molecule is COc1cccc(N(C(=O)Cn2nnc3ccccc32)[C@@H](C(=O)NCCC(C)C)c2ccc(F)cc2)c1. The van der Waals surface area contributed by atoms with Crippen LogP contribution in [0.5, 0.6) is 5.75 Å². The van der Waals surface area contributed by atoms with Gasteiger partial charge in [-0.2, -0.15) is 0 Å². The summed E-state index contributed by atoms with van der Waals surface area (Å²) >= 11 is 0. The average Bonchev–Trinajstić information content (AvgIpc) is 3.30.